The lowest BCUT2D eigenvalue weighted by Crippen LogP contribution is -2.20. The molecule has 1 aromatic rings. The maximum atomic E-state index is 10.9. The van der Waals surface area contributed by atoms with Gasteiger partial charge in [-0.1, -0.05) is 51.7 Å². The van der Waals surface area contributed by atoms with Crippen LogP contribution in [-0.2, 0) is 17.6 Å². The van der Waals surface area contributed by atoms with E-state index in [0.29, 0.717) is 0 Å². The summed E-state index contributed by atoms with van der Waals surface area (Å²) in [7, 11) is 0. The summed E-state index contributed by atoms with van der Waals surface area (Å²) in [5, 5.41) is 0. The van der Waals surface area contributed by atoms with Crippen LogP contribution in [0.5, 0.6) is 5.75 Å². The summed E-state index contributed by atoms with van der Waals surface area (Å²) in [5.41, 5.74) is 7.73. The minimum Gasteiger partial charge on any atom is -0.484 e. The molecule has 1 rings (SSSR count). The van der Waals surface area contributed by atoms with Gasteiger partial charge in [-0.3, -0.25) is 4.79 Å². The lowest BCUT2D eigenvalue weighted by atomic mass is 10.0. The van der Waals surface area contributed by atoms with Gasteiger partial charge >= 0.3 is 0 Å². The summed E-state index contributed by atoms with van der Waals surface area (Å²) in [4.78, 5) is 10.9. The average molecular weight is 291 g/mol. The Labute approximate surface area is 128 Å². The van der Waals surface area contributed by atoms with E-state index < -0.39 is 5.91 Å². The smallest absolute Gasteiger partial charge is 0.255 e. The standard InChI is InChI=1S/C18H29NO2/c1-3-5-7-9-15-11-12-17(21-14-18(19)20)16(13-15)10-8-6-4-2/h11-13H,3-10,14H2,1-2H3,(H2,19,20). The fraction of sp³-hybridized carbons (Fsp3) is 0.611. The first-order chi connectivity index (χ1) is 10.2. The molecule has 1 amide bonds. The van der Waals surface area contributed by atoms with Gasteiger partial charge in [0.05, 0.1) is 0 Å². The summed E-state index contributed by atoms with van der Waals surface area (Å²) < 4.78 is 5.54. The predicted molar refractivity (Wildman–Crippen MR) is 87.6 cm³/mol. The van der Waals surface area contributed by atoms with Crippen LogP contribution in [0.4, 0.5) is 0 Å². The highest BCUT2D eigenvalue weighted by atomic mass is 16.5. The molecule has 0 aliphatic carbocycles. The number of benzene rings is 1. The van der Waals surface area contributed by atoms with E-state index in [1.807, 2.05) is 6.07 Å². The lowest BCUT2D eigenvalue weighted by Gasteiger charge is -2.12. The molecule has 0 aromatic heterocycles. The quantitative estimate of drug-likeness (QED) is 0.626. The molecule has 0 heterocycles. The molecule has 0 unspecified atom stereocenters. The second-order valence-corrected chi connectivity index (χ2v) is 5.61. The molecule has 3 heteroatoms. The third kappa shape index (κ3) is 7.16. The fourth-order valence-electron chi connectivity index (χ4n) is 2.42. The van der Waals surface area contributed by atoms with E-state index in [4.69, 9.17) is 10.5 Å². The third-order valence-corrected chi connectivity index (χ3v) is 3.61. The van der Waals surface area contributed by atoms with Gasteiger partial charge in [-0.25, -0.2) is 0 Å². The molecular formula is C18H29NO2. The van der Waals surface area contributed by atoms with Crippen molar-refractivity contribution in [3.05, 3.63) is 29.3 Å². The van der Waals surface area contributed by atoms with Crippen molar-refractivity contribution in [1.82, 2.24) is 0 Å². The van der Waals surface area contributed by atoms with Crippen LogP contribution < -0.4 is 10.5 Å². The number of hydrogen-bond donors (Lipinski definition) is 1. The number of amides is 1. The molecule has 2 N–H and O–H groups in total. The van der Waals surface area contributed by atoms with Gasteiger partial charge < -0.3 is 10.5 Å². The Hall–Kier alpha value is -1.51. The first kappa shape index (κ1) is 17.5. The zero-order chi connectivity index (χ0) is 15.5. The van der Waals surface area contributed by atoms with Crippen molar-refractivity contribution >= 4 is 5.91 Å². The molecule has 118 valence electrons. The van der Waals surface area contributed by atoms with Crippen LogP contribution in [-0.4, -0.2) is 12.5 Å². The highest BCUT2D eigenvalue weighted by molar-refractivity contribution is 5.75. The van der Waals surface area contributed by atoms with Crippen molar-refractivity contribution in [1.29, 1.82) is 0 Å². The zero-order valence-corrected chi connectivity index (χ0v) is 13.5. The van der Waals surface area contributed by atoms with Gasteiger partial charge in [0.2, 0.25) is 0 Å². The Bertz CT molecular complexity index is 429. The minimum atomic E-state index is -0.429. The van der Waals surface area contributed by atoms with Crippen molar-refractivity contribution in [2.45, 2.75) is 65.2 Å². The van der Waals surface area contributed by atoms with Gasteiger partial charge in [0.25, 0.3) is 5.91 Å². The number of nitrogens with two attached hydrogens (primary N) is 1. The Morgan fingerprint density at radius 3 is 2.33 bits per heavy atom. The van der Waals surface area contributed by atoms with Gasteiger partial charge in [-0.15, -0.1) is 0 Å². The van der Waals surface area contributed by atoms with Crippen LogP contribution >= 0.6 is 0 Å². The molecule has 0 saturated carbocycles. The average Bonchev–Trinajstić information content (AvgIpc) is 2.47. The second-order valence-electron chi connectivity index (χ2n) is 5.61. The highest BCUT2D eigenvalue weighted by Crippen LogP contribution is 2.23. The normalized spacial score (nSPS) is 10.6. The van der Waals surface area contributed by atoms with E-state index in [0.717, 1.165) is 25.0 Å². The molecule has 0 radical (unpaired) electrons. The molecule has 0 spiro atoms. The molecule has 21 heavy (non-hydrogen) atoms. The number of carbonyl (C=O) groups excluding carboxylic acids is 1. The molecule has 0 fully saturated rings. The number of ether oxygens (including phenoxy) is 1. The molecule has 0 aliphatic rings. The Morgan fingerprint density at radius 1 is 1.05 bits per heavy atom. The Balaban J connectivity index is 2.72. The van der Waals surface area contributed by atoms with E-state index in [2.05, 4.69) is 26.0 Å². The van der Waals surface area contributed by atoms with Crippen molar-refractivity contribution in [2.24, 2.45) is 5.73 Å². The third-order valence-electron chi connectivity index (χ3n) is 3.61. The summed E-state index contributed by atoms with van der Waals surface area (Å²) >= 11 is 0. The Morgan fingerprint density at radius 2 is 1.71 bits per heavy atom. The fourth-order valence-corrected chi connectivity index (χ4v) is 2.42. The molecule has 3 nitrogen and oxygen atoms in total. The van der Waals surface area contributed by atoms with Crippen molar-refractivity contribution in [3.8, 4) is 5.75 Å². The van der Waals surface area contributed by atoms with E-state index >= 15 is 0 Å². The number of primary amides is 1. The van der Waals surface area contributed by atoms with Gasteiger partial charge in [0.15, 0.2) is 6.61 Å². The van der Waals surface area contributed by atoms with Crippen LogP contribution in [0.2, 0.25) is 0 Å². The van der Waals surface area contributed by atoms with Gasteiger partial charge in [0, 0.05) is 0 Å². The van der Waals surface area contributed by atoms with Crippen LogP contribution in [0.15, 0.2) is 18.2 Å². The van der Waals surface area contributed by atoms with E-state index in [1.54, 1.807) is 0 Å². The summed E-state index contributed by atoms with van der Waals surface area (Å²) in [5.74, 6) is 0.380. The van der Waals surface area contributed by atoms with Crippen molar-refractivity contribution in [3.63, 3.8) is 0 Å². The molecule has 0 saturated heterocycles. The van der Waals surface area contributed by atoms with Crippen molar-refractivity contribution < 1.29 is 9.53 Å². The van der Waals surface area contributed by atoms with E-state index in [1.165, 1.54) is 43.2 Å². The molecule has 0 bridgehead atoms. The topological polar surface area (TPSA) is 52.3 Å². The molecule has 0 aliphatic heterocycles. The SMILES string of the molecule is CCCCCc1ccc(OCC(N)=O)c(CCCCC)c1. The lowest BCUT2D eigenvalue weighted by molar-refractivity contribution is -0.119. The van der Waals surface area contributed by atoms with Gasteiger partial charge in [-0.05, 0) is 42.9 Å². The highest BCUT2D eigenvalue weighted by Gasteiger charge is 2.07. The number of hydrogen-bond acceptors (Lipinski definition) is 2. The number of rotatable bonds is 11. The van der Waals surface area contributed by atoms with Crippen LogP contribution in [0.25, 0.3) is 0 Å². The molecule has 1 aromatic carbocycles. The van der Waals surface area contributed by atoms with Gasteiger partial charge in [0.1, 0.15) is 5.75 Å². The predicted octanol–water partition coefficient (Wildman–Crippen LogP) is 4.02. The first-order valence-electron chi connectivity index (χ1n) is 8.20. The number of aryl methyl sites for hydroxylation is 2. The summed E-state index contributed by atoms with van der Waals surface area (Å²) in [6, 6.07) is 6.34. The first-order valence-corrected chi connectivity index (χ1v) is 8.20. The van der Waals surface area contributed by atoms with Crippen LogP contribution in [0, 0.1) is 0 Å². The monoisotopic (exact) mass is 291 g/mol. The van der Waals surface area contributed by atoms with Gasteiger partial charge in [-0.2, -0.15) is 0 Å². The minimum absolute atomic E-state index is 0.0457. The van der Waals surface area contributed by atoms with E-state index in [-0.39, 0.29) is 6.61 Å². The zero-order valence-electron chi connectivity index (χ0n) is 13.5. The summed E-state index contributed by atoms with van der Waals surface area (Å²) in [6.45, 7) is 4.37. The molecular weight excluding hydrogens is 262 g/mol. The van der Waals surface area contributed by atoms with Crippen LogP contribution in [0.3, 0.4) is 0 Å². The summed E-state index contributed by atoms with van der Waals surface area (Å²) in [6.07, 6.45) is 9.43. The van der Waals surface area contributed by atoms with E-state index in [9.17, 15) is 4.79 Å². The number of unbranched alkanes of at least 4 members (excludes halogenated alkanes) is 4. The molecule has 0 atom stereocenters. The Kier molecular flexibility index (Phi) is 8.56. The maximum absolute atomic E-state index is 10.9. The second kappa shape index (κ2) is 10.3. The van der Waals surface area contributed by atoms with Crippen LogP contribution in [0.1, 0.15) is 63.5 Å². The van der Waals surface area contributed by atoms with Crippen molar-refractivity contribution in [2.75, 3.05) is 6.61 Å². The maximum Gasteiger partial charge on any atom is 0.255 e. The largest absolute Gasteiger partial charge is 0.484 e. The number of carbonyl (C=O) groups is 1.